The van der Waals surface area contributed by atoms with E-state index < -0.39 is 0 Å². The first-order valence-electron chi connectivity index (χ1n) is 8.48. The smallest absolute Gasteiger partial charge is 0.193 e. The number of hydrogen-bond donors (Lipinski definition) is 2. The highest BCUT2D eigenvalue weighted by Crippen LogP contribution is 2.39. The molecule has 0 aromatic heterocycles. The van der Waals surface area contributed by atoms with Crippen LogP contribution in [0.3, 0.4) is 0 Å². The van der Waals surface area contributed by atoms with Gasteiger partial charge in [-0.05, 0) is 23.8 Å². The first-order chi connectivity index (χ1) is 12.3. The number of nitrogens with two attached hydrogens (primary N) is 1. The second-order valence-electron chi connectivity index (χ2n) is 6.11. The predicted molar refractivity (Wildman–Crippen MR) is 102 cm³/mol. The third-order valence-electron chi connectivity index (χ3n) is 4.30. The lowest BCUT2D eigenvalue weighted by atomic mass is 10.0. The van der Waals surface area contributed by atoms with E-state index in [0.29, 0.717) is 31.6 Å². The summed E-state index contributed by atoms with van der Waals surface area (Å²) in [7, 11) is 0. The van der Waals surface area contributed by atoms with Crippen molar-refractivity contribution in [3.8, 4) is 11.5 Å². The molecule has 0 saturated heterocycles. The monoisotopic (exact) mass is 355 g/mol. The summed E-state index contributed by atoms with van der Waals surface area (Å²) in [5.74, 6) is 3.42. The van der Waals surface area contributed by atoms with Crippen molar-refractivity contribution in [2.24, 2.45) is 10.7 Å². The van der Waals surface area contributed by atoms with Gasteiger partial charge in [0, 0.05) is 34.7 Å². The standard InChI is InChI=1S/C19H21N3O2S/c20-19(21-11-13-12-25-18-5-2-1-4-15(13)18)22-14-6-7-16-17(10-14)24-9-3-8-23-16/h1-2,4-7,10,13H,3,8-9,11-12H2,(H3,20,21,22). The Kier molecular flexibility index (Phi) is 4.70. The number of aliphatic imine (C=N–C) groups is 1. The van der Waals surface area contributed by atoms with E-state index in [2.05, 4.69) is 34.6 Å². The van der Waals surface area contributed by atoms with E-state index in [0.717, 1.165) is 29.4 Å². The van der Waals surface area contributed by atoms with Crippen LogP contribution < -0.4 is 20.5 Å². The van der Waals surface area contributed by atoms with Gasteiger partial charge in [-0.2, -0.15) is 0 Å². The molecule has 2 aromatic carbocycles. The fourth-order valence-electron chi connectivity index (χ4n) is 3.02. The minimum Gasteiger partial charge on any atom is -0.490 e. The molecule has 6 heteroatoms. The van der Waals surface area contributed by atoms with Crippen molar-refractivity contribution in [3.05, 3.63) is 48.0 Å². The van der Waals surface area contributed by atoms with Crippen LogP contribution in [0.4, 0.5) is 5.69 Å². The van der Waals surface area contributed by atoms with Gasteiger partial charge in [0.1, 0.15) is 0 Å². The number of rotatable bonds is 3. The maximum Gasteiger partial charge on any atom is 0.193 e. The zero-order valence-electron chi connectivity index (χ0n) is 13.9. The number of thioether (sulfide) groups is 1. The molecule has 0 amide bonds. The van der Waals surface area contributed by atoms with Gasteiger partial charge >= 0.3 is 0 Å². The van der Waals surface area contributed by atoms with Crippen LogP contribution in [0.5, 0.6) is 11.5 Å². The van der Waals surface area contributed by atoms with Crippen LogP contribution in [0.15, 0.2) is 52.4 Å². The number of nitrogens with one attached hydrogen (secondary N) is 1. The van der Waals surface area contributed by atoms with Gasteiger partial charge in [0.15, 0.2) is 17.5 Å². The van der Waals surface area contributed by atoms with Crippen LogP contribution in [-0.2, 0) is 0 Å². The van der Waals surface area contributed by atoms with Crippen LogP contribution in [0.25, 0.3) is 0 Å². The van der Waals surface area contributed by atoms with Crippen molar-refractivity contribution in [2.45, 2.75) is 17.2 Å². The molecule has 0 fully saturated rings. The zero-order chi connectivity index (χ0) is 17.1. The zero-order valence-corrected chi connectivity index (χ0v) is 14.7. The van der Waals surface area contributed by atoms with Gasteiger partial charge in [0.25, 0.3) is 0 Å². The molecular formula is C19H21N3O2S. The van der Waals surface area contributed by atoms with E-state index in [9.17, 15) is 0 Å². The van der Waals surface area contributed by atoms with Crippen LogP contribution in [0, 0.1) is 0 Å². The summed E-state index contributed by atoms with van der Waals surface area (Å²) in [6, 6.07) is 14.3. The van der Waals surface area contributed by atoms with Crippen LogP contribution in [-0.4, -0.2) is 31.5 Å². The number of hydrogen-bond acceptors (Lipinski definition) is 4. The molecule has 2 aromatic rings. The van der Waals surface area contributed by atoms with Crippen molar-refractivity contribution in [1.82, 2.24) is 0 Å². The molecule has 1 unspecified atom stereocenters. The molecule has 1 atom stereocenters. The molecule has 2 aliphatic heterocycles. The highest BCUT2D eigenvalue weighted by Gasteiger charge is 2.22. The van der Waals surface area contributed by atoms with E-state index in [1.807, 2.05) is 30.0 Å². The fraction of sp³-hybridized carbons (Fsp3) is 0.316. The Hall–Kier alpha value is -2.34. The Morgan fingerprint density at radius 2 is 2.00 bits per heavy atom. The summed E-state index contributed by atoms with van der Waals surface area (Å²) in [6.07, 6.45) is 0.891. The quantitative estimate of drug-likeness (QED) is 0.652. The maximum atomic E-state index is 6.07. The summed E-state index contributed by atoms with van der Waals surface area (Å²) in [6.45, 7) is 2.04. The van der Waals surface area contributed by atoms with Crippen LogP contribution in [0.2, 0.25) is 0 Å². The second kappa shape index (κ2) is 7.27. The third kappa shape index (κ3) is 3.69. The summed E-state index contributed by atoms with van der Waals surface area (Å²) in [4.78, 5) is 5.89. The Morgan fingerprint density at radius 1 is 1.16 bits per heavy atom. The number of fused-ring (bicyclic) bond motifs is 2. The van der Waals surface area contributed by atoms with Crippen LogP contribution >= 0.6 is 11.8 Å². The van der Waals surface area contributed by atoms with Crippen molar-refractivity contribution in [1.29, 1.82) is 0 Å². The molecule has 5 nitrogen and oxygen atoms in total. The van der Waals surface area contributed by atoms with Gasteiger partial charge in [-0.1, -0.05) is 18.2 Å². The van der Waals surface area contributed by atoms with Gasteiger partial charge in [-0.3, -0.25) is 4.99 Å². The fourth-order valence-corrected chi connectivity index (χ4v) is 4.26. The lowest BCUT2D eigenvalue weighted by Crippen LogP contribution is -2.23. The van der Waals surface area contributed by atoms with E-state index in [1.165, 1.54) is 10.5 Å². The lowest BCUT2D eigenvalue weighted by Gasteiger charge is -2.12. The first kappa shape index (κ1) is 16.1. The third-order valence-corrected chi connectivity index (χ3v) is 5.55. The van der Waals surface area contributed by atoms with E-state index >= 15 is 0 Å². The SMILES string of the molecule is NC(=NCC1CSc2ccccc21)Nc1ccc2c(c1)OCCCO2. The topological polar surface area (TPSA) is 68.9 Å². The molecule has 3 N–H and O–H groups in total. The Morgan fingerprint density at radius 3 is 2.92 bits per heavy atom. The molecule has 0 radical (unpaired) electrons. The maximum absolute atomic E-state index is 6.07. The van der Waals surface area contributed by atoms with E-state index in [-0.39, 0.29) is 0 Å². The van der Waals surface area contributed by atoms with Gasteiger partial charge in [-0.25, -0.2) is 0 Å². The number of anilines is 1. The van der Waals surface area contributed by atoms with Crippen molar-refractivity contribution in [3.63, 3.8) is 0 Å². The molecule has 130 valence electrons. The number of guanidine groups is 1. The van der Waals surface area contributed by atoms with E-state index in [4.69, 9.17) is 15.2 Å². The highest BCUT2D eigenvalue weighted by molar-refractivity contribution is 7.99. The molecule has 4 rings (SSSR count). The average molecular weight is 355 g/mol. The molecule has 0 saturated carbocycles. The van der Waals surface area contributed by atoms with Gasteiger partial charge in [-0.15, -0.1) is 11.8 Å². The van der Waals surface area contributed by atoms with Gasteiger partial charge in [0.05, 0.1) is 19.8 Å². The molecular weight excluding hydrogens is 334 g/mol. The molecule has 2 heterocycles. The second-order valence-corrected chi connectivity index (χ2v) is 7.17. The van der Waals surface area contributed by atoms with Gasteiger partial charge < -0.3 is 20.5 Å². The van der Waals surface area contributed by atoms with Crippen molar-refractivity contribution < 1.29 is 9.47 Å². The summed E-state index contributed by atoms with van der Waals surface area (Å²) < 4.78 is 11.3. The first-order valence-corrected chi connectivity index (χ1v) is 9.46. The Balaban J connectivity index is 1.41. The predicted octanol–water partition coefficient (Wildman–Crippen LogP) is 3.46. The molecule has 25 heavy (non-hydrogen) atoms. The Bertz CT molecular complexity index is 794. The average Bonchev–Trinajstić information content (AvgIpc) is 2.89. The number of ether oxygens (including phenoxy) is 2. The molecule has 0 spiro atoms. The van der Waals surface area contributed by atoms with Crippen molar-refractivity contribution in [2.75, 3.05) is 30.8 Å². The molecule has 0 aliphatic carbocycles. The lowest BCUT2D eigenvalue weighted by molar-refractivity contribution is 0.297. The summed E-state index contributed by atoms with van der Waals surface area (Å²) in [5, 5.41) is 3.15. The molecule has 2 aliphatic rings. The summed E-state index contributed by atoms with van der Waals surface area (Å²) >= 11 is 1.89. The largest absolute Gasteiger partial charge is 0.490 e. The Labute approximate surface area is 151 Å². The minimum absolute atomic E-state index is 0.420. The molecule has 0 bridgehead atoms. The van der Waals surface area contributed by atoms with E-state index in [1.54, 1.807) is 0 Å². The highest BCUT2D eigenvalue weighted by atomic mass is 32.2. The number of nitrogens with zero attached hydrogens (tertiary/aromatic N) is 1. The summed E-state index contributed by atoms with van der Waals surface area (Å²) in [5.41, 5.74) is 8.30. The van der Waals surface area contributed by atoms with Gasteiger partial charge in [0.2, 0.25) is 0 Å². The number of benzene rings is 2. The minimum atomic E-state index is 0.420. The normalized spacial score (nSPS) is 19.2. The van der Waals surface area contributed by atoms with Crippen molar-refractivity contribution >= 4 is 23.4 Å². The van der Waals surface area contributed by atoms with Crippen LogP contribution in [0.1, 0.15) is 17.9 Å².